The van der Waals surface area contributed by atoms with Crippen molar-refractivity contribution in [3.63, 3.8) is 0 Å². The Labute approximate surface area is 135 Å². The van der Waals surface area contributed by atoms with Crippen molar-refractivity contribution in [1.82, 2.24) is 19.6 Å². The number of piperidine rings is 2. The van der Waals surface area contributed by atoms with Gasteiger partial charge in [-0.2, -0.15) is 5.10 Å². The van der Waals surface area contributed by atoms with Crippen LogP contribution in [0.2, 0.25) is 5.02 Å². The fourth-order valence-corrected chi connectivity index (χ4v) is 4.21. The molecule has 1 amide bonds. The van der Waals surface area contributed by atoms with E-state index in [0.29, 0.717) is 23.8 Å². The molecular formula is C15H23ClN4O2. The number of fused-ring (bicyclic) bond motifs is 1. The lowest BCUT2D eigenvalue weighted by Crippen LogP contribution is -2.62. The molecular weight excluding hydrogens is 304 g/mol. The third-order valence-electron chi connectivity index (χ3n) is 5.29. The van der Waals surface area contributed by atoms with E-state index in [9.17, 15) is 9.90 Å². The van der Waals surface area contributed by atoms with E-state index in [1.807, 2.05) is 4.90 Å². The van der Waals surface area contributed by atoms with Gasteiger partial charge in [-0.05, 0) is 32.9 Å². The molecule has 0 aromatic carbocycles. The van der Waals surface area contributed by atoms with Crippen LogP contribution in [-0.4, -0.2) is 69.9 Å². The summed E-state index contributed by atoms with van der Waals surface area (Å²) in [4.78, 5) is 16.8. The highest BCUT2D eigenvalue weighted by Crippen LogP contribution is 2.41. The van der Waals surface area contributed by atoms with E-state index in [4.69, 9.17) is 11.6 Å². The second kappa shape index (κ2) is 5.83. The van der Waals surface area contributed by atoms with Gasteiger partial charge in [-0.1, -0.05) is 11.6 Å². The van der Waals surface area contributed by atoms with Crippen molar-refractivity contribution in [3.8, 4) is 0 Å². The van der Waals surface area contributed by atoms with E-state index < -0.39 is 0 Å². The summed E-state index contributed by atoms with van der Waals surface area (Å²) in [6.07, 6.45) is 4.61. The number of aryl methyl sites for hydroxylation is 1. The van der Waals surface area contributed by atoms with Gasteiger partial charge in [0.15, 0.2) is 5.69 Å². The number of likely N-dealkylation sites (N-methyl/N-ethyl adjacent to an activating group) is 1. The Kier molecular flexibility index (Phi) is 4.18. The molecule has 0 spiro atoms. The molecule has 3 heterocycles. The van der Waals surface area contributed by atoms with Gasteiger partial charge in [0.05, 0.1) is 11.6 Å². The second-order valence-corrected chi connectivity index (χ2v) is 7.03. The second-order valence-electron chi connectivity index (χ2n) is 6.62. The van der Waals surface area contributed by atoms with E-state index in [2.05, 4.69) is 17.0 Å². The molecule has 2 aliphatic rings. The van der Waals surface area contributed by atoms with Crippen LogP contribution in [0.15, 0.2) is 6.20 Å². The van der Waals surface area contributed by atoms with Crippen LogP contribution >= 0.6 is 11.6 Å². The number of aromatic nitrogens is 2. The molecule has 1 aromatic heterocycles. The minimum Gasteiger partial charge on any atom is -0.396 e. The van der Waals surface area contributed by atoms with Crippen molar-refractivity contribution in [2.24, 2.45) is 12.5 Å². The van der Waals surface area contributed by atoms with Crippen molar-refractivity contribution in [2.45, 2.75) is 25.3 Å². The van der Waals surface area contributed by atoms with Crippen LogP contribution in [0, 0.1) is 5.41 Å². The molecule has 6 nitrogen and oxygen atoms in total. The quantitative estimate of drug-likeness (QED) is 0.880. The van der Waals surface area contributed by atoms with Crippen LogP contribution < -0.4 is 0 Å². The third-order valence-corrected chi connectivity index (χ3v) is 5.56. The Hall–Kier alpha value is -1.11. The number of halogens is 1. The highest BCUT2D eigenvalue weighted by atomic mass is 35.5. The highest BCUT2D eigenvalue weighted by molar-refractivity contribution is 6.33. The van der Waals surface area contributed by atoms with Crippen LogP contribution in [0.25, 0.3) is 0 Å². The van der Waals surface area contributed by atoms with E-state index >= 15 is 0 Å². The summed E-state index contributed by atoms with van der Waals surface area (Å²) in [7, 11) is 3.83. The van der Waals surface area contributed by atoms with Crippen LogP contribution in [0.1, 0.15) is 29.8 Å². The number of hydrogen-bond donors (Lipinski definition) is 1. The molecule has 1 N–H and O–H groups in total. The van der Waals surface area contributed by atoms with Gasteiger partial charge in [0.25, 0.3) is 5.91 Å². The zero-order valence-electron chi connectivity index (χ0n) is 13.1. The molecule has 22 heavy (non-hydrogen) atoms. The zero-order chi connectivity index (χ0) is 15.9. The van der Waals surface area contributed by atoms with Crippen LogP contribution in [0.5, 0.6) is 0 Å². The SMILES string of the molecule is CN1CCC[C@]2(CO)CCN(C(=O)c3nn(C)cc3Cl)C[C@@H]12. The molecule has 2 fully saturated rings. The Bertz CT molecular complexity index is 576. The van der Waals surface area contributed by atoms with E-state index in [0.717, 1.165) is 25.8 Å². The first-order chi connectivity index (χ1) is 10.5. The Balaban J connectivity index is 1.81. The van der Waals surface area contributed by atoms with Crippen LogP contribution in [-0.2, 0) is 7.05 Å². The monoisotopic (exact) mass is 326 g/mol. The van der Waals surface area contributed by atoms with Gasteiger partial charge in [0.2, 0.25) is 0 Å². The minimum atomic E-state index is -0.115. The Morgan fingerprint density at radius 3 is 2.86 bits per heavy atom. The molecule has 1 aromatic rings. The van der Waals surface area contributed by atoms with Crippen LogP contribution in [0.3, 0.4) is 0 Å². The highest BCUT2D eigenvalue weighted by Gasteiger charge is 2.47. The predicted octanol–water partition coefficient (Wildman–Crippen LogP) is 0.992. The van der Waals surface area contributed by atoms with E-state index in [-0.39, 0.29) is 24.0 Å². The number of aliphatic hydroxyl groups is 1. The number of likely N-dealkylation sites (tertiary alicyclic amines) is 2. The van der Waals surface area contributed by atoms with Gasteiger partial charge in [0.1, 0.15) is 0 Å². The molecule has 2 saturated heterocycles. The fourth-order valence-electron chi connectivity index (χ4n) is 3.95. The standard InChI is InChI=1S/C15H23ClN4O2/c1-18-6-3-4-15(10-21)5-7-20(9-12(15)18)14(22)13-11(16)8-19(2)17-13/h8,12,21H,3-7,9-10H2,1-2H3/t12-,15-/m1/s1. The number of carbonyl (C=O) groups excluding carboxylic acids is 1. The van der Waals surface area contributed by atoms with Gasteiger partial charge < -0.3 is 14.9 Å². The molecule has 2 atom stereocenters. The number of carbonyl (C=O) groups is 1. The van der Waals surface area contributed by atoms with Crippen LogP contribution in [0.4, 0.5) is 0 Å². The molecule has 0 unspecified atom stereocenters. The lowest BCUT2D eigenvalue weighted by molar-refractivity contribution is -0.0602. The first kappa shape index (κ1) is 15.8. The maximum absolute atomic E-state index is 12.7. The van der Waals surface area contributed by atoms with Gasteiger partial charge in [-0.15, -0.1) is 0 Å². The number of hydrogen-bond acceptors (Lipinski definition) is 4. The van der Waals surface area contributed by atoms with Gasteiger partial charge in [-0.25, -0.2) is 0 Å². The van der Waals surface area contributed by atoms with Crippen molar-refractivity contribution in [3.05, 3.63) is 16.9 Å². The smallest absolute Gasteiger partial charge is 0.275 e. The third kappa shape index (κ3) is 2.53. The largest absolute Gasteiger partial charge is 0.396 e. The Morgan fingerprint density at radius 1 is 1.45 bits per heavy atom. The summed E-state index contributed by atoms with van der Waals surface area (Å²) in [5.74, 6) is -0.115. The number of amides is 1. The molecule has 122 valence electrons. The van der Waals surface area contributed by atoms with Crippen molar-refractivity contribution >= 4 is 17.5 Å². The van der Waals surface area contributed by atoms with E-state index in [1.54, 1.807) is 17.9 Å². The summed E-state index contributed by atoms with van der Waals surface area (Å²) in [5, 5.41) is 14.5. The lowest BCUT2D eigenvalue weighted by Gasteiger charge is -2.53. The zero-order valence-corrected chi connectivity index (χ0v) is 13.9. The molecule has 3 rings (SSSR count). The summed E-state index contributed by atoms with van der Waals surface area (Å²) in [6, 6.07) is 0.200. The molecule has 0 aliphatic carbocycles. The molecule has 0 radical (unpaired) electrons. The first-order valence-corrected chi connectivity index (χ1v) is 8.14. The maximum Gasteiger partial charge on any atom is 0.275 e. The first-order valence-electron chi connectivity index (χ1n) is 7.76. The summed E-state index contributed by atoms with van der Waals surface area (Å²) in [5.41, 5.74) is 0.247. The topological polar surface area (TPSA) is 61.6 Å². The normalized spacial score (nSPS) is 29.5. The Morgan fingerprint density at radius 2 is 2.23 bits per heavy atom. The number of aliphatic hydroxyl groups excluding tert-OH is 1. The maximum atomic E-state index is 12.7. The van der Waals surface area contributed by atoms with Crippen molar-refractivity contribution < 1.29 is 9.90 Å². The molecule has 2 aliphatic heterocycles. The average molecular weight is 327 g/mol. The molecule has 7 heteroatoms. The van der Waals surface area contributed by atoms with Crippen molar-refractivity contribution in [2.75, 3.05) is 33.3 Å². The fraction of sp³-hybridized carbons (Fsp3) is 0.733. The van der Waals surface area contributed by atoms with Gasteiger partial charge >= 0.3 is 0 Å². The number of nitrogens with zero attached hydrogens (tertiary/aromatic N) is 4. The molecule has 0 bridgehead atoms. The molecule has 0 saturated carbocycles. The van der Waals surface area contributed by atoms with Gasteiger partial charge in [0, 0.05) is 37.8 Å². The minimum absolute atomic E-state index is 0.0717. The van der Waals surface area contributed by atoms with Gasteiger partial charge in [-0.3, -0.25) is 9.48 Å². The number of rotatable bonds is 2. The average Bonchev–Trinajstić information content (AvgIpc) is 2.85. The van der Waals surface area contributed by atoms with Crippen molar-refractivity contribution in [1.29, 1.82) is 0 Å². The summed E-state index contributed by atoms with van der Waals surface area (Å²) < 4.78 is 1.56. The summed E-state index contributed by atoms with van der Waals surface area (Å²) >= 11 is 6.10. The lowest BCUT2D eigenvalue weighted by atomic mass is 9.69. The predicted molar refractivity (Wildman–Crippen MR) is 83.9 cm³/mol. The van der Waals surface area contributed by atoms with E-state index in [1.165, 1.54) is 0 Å². The summed E-state index contributed by atoms with van der Waals surface area (Å²) in [6.45, 7) is 2.48.